The standard InChI is InChI=1S/C15H12F2N6OS/c16-11-4-3-10(6-12(11)17)20-13(24)8-25-15-22-21-14(23(15)18)9-2-1-5-19-7-9/h1-7H,8,18H2,(H,20,24). The zero-order valence-electron chi connectivity index (χ0n) is 12.7. The van der Waals surface area contributed by atoms with Crippen LogP contribution in [0.15, 0.2) is 47.9 Å². The highest BCUT2D eigenvalue weighted by atomic mass is 32.2. The Bertz CT molecular complexity index is 902. The van der Waals surface area contributed by atoms with Gasteiger partial charge < -0.3 is 11.2 Å². The number of aromatic nitrogens is 4. The Hall–Kier alpha value is -3.01. The van der Waals surface area contributed by atoms with Gasteiger partial charge in [-0.1, -0.05) is 11.8 Å². The number of anilines is 1. The van der Waals surface area contributed by atoms with Crippen molar-refractivity contribution in [2.45, 2.75) is 5.16 Å². The number of carbonyl (C=O) groups is 1. The van der Waals surface area contributed by atoms with E-state index in [4.69, 9.17) is 5.84 Å². The number of benzene rings is 1. The predicted molar refractivity (Wildman–Crippen MR) is 89.1 cm³/mol. The summed E-state index contributed by atoms with van der Waals surface area (Å²) < 4.78 is 27.2. The average molecular weight is 362 g/mol. The molecule has 0 saturated heterocycles. The molecule has 0 unspecified atom stereocenters. The number of carbonyl (C=O) groups excluding carboxylic acids is 1. The Morgan fingerprint density at radius 2 is 2.08 bits per heavy atom. The first-order valence-corrected chi connectivity index (χ1v) is 8.02. The largest absolute Gasteiger partial charge is 0.335 e. The van der Waals surface area contributed by atoms with Gasteiger partial charge in [-0.25, -0.2) is 13.5 Å². The van der Waals surface area contributed by atoms with E-state index in [2.05, 4.69) is 20.5 Å². The minimum atomic E-state index is -1.03. The summed E-state index contributed by atoms with van der Waals surface area (Å²) >= 11 is 1.06. The molecule has 7 nitrogen and oxygen atoms in total. The first-order valence-electron chi connectivity index (χ1n) is 7.03. The van der Waals surface area contributed by atoms with E-state index < -0.39 is 17.5 Å². The van der Waals surface area contributed by atoms with Crippen molar-refractivity contribution in [3.05, 3.63) is 54.4 Å². The van der Waals surface area contributed by atoms with Gasteiger partial charge in [-0.05, 0) is 24.3 Å². The third-order valence-electron chi connectivity index (χ3n) is 3.12. The fourth-order valence-electron chi connectivity index (χ4n) is 1.97. The predicted octanol–water partition coefficient (Wildman–Crippen LogP) is 2.06. The van der Waals surface area contributed by atoms with Crippen LogP contribution in [0.1, 0.15) is 0 Å². The van der Waals surface area contributed by atoms with E-state index in [9.17, 15) is 13.6 Å². The molecule has 3 N–H and O–H groups in total. The molecular weight excluding hydrogens is 350 g/mol. The van der Waals surface area contributed by atoms with Crippen LogP contribution < -0.4 is 11.2 Å². The van der Waals surface area contributed by atoms with Crippen LogP contribution in [0.4, 0.5) is 14.5 Å². The second-order valence-corrected chi connectivity index (χ2v) is 5.83. The minimum absolute atomic E-state index is 0.0264. The Morgan fingerprint density at radius 1 is 1.24 bits per heavy atom. The second kappa shape index (κ2) is 7.26. The van der Waals surface area contributed by atoms with Crippen LogP contribution in [0.5, 0.6) is 0 Å². The molecule has 3 aromatic rings. The van der Waals surface area contributed by atoms with E-state index in [0.717, 1.165) is 23.9 Å². The molecule has 0 radical (unpaired) electrons. The van der Waals surface area contributed by atoms with Gasteiger partial charge in [0.1, 0.15) is 0 Å². The molecule has 2 aromatic heterocycles. The van der Waals surface area contributed by atoms with Crippen LogP contribution in [-0.2, 0) is 4.79 Å². The number of hydrogen-bond acceptors (Lipinski definition) is 6. The normalized spacial score (nSPS) is 10.6. The summed E-state index contributed by atoms with van der Waals surface area (Å²) in [5, 5.41) is 10.7. The molecule has 0 bridgehead atoms. The molecule has 25 heavy (non-hydrogen) atoms. The fourth-order valence-corrected chi connectivity index (χ4v) is 2.62. The lowest BCUT2D eigenvalue weighted by Gasteiger charge is -2.06. The number of nitrogens with one attached hydrogen (secondary N) is 1. The van der Waals surface area contributed by atoms with E-state index in [1.165, 1.54) is 10.7 Å². The van der Waals surface area contributed by atoms with Gasteiger partial charge >= 0.3 is 0 Å². The summed E-state index contributed by atoms with van der Waals surface area (Å²) in [5.74, 6) is 3.89. The van der Waals surface area contributed by atoms with Gasteiger partial charge in [0.2, 0.25) is 11.1 Å². The molecule has 0 saturated carbocycles. The lowest BCUT2D eigenvalue weighted by atomic mass is 10.3. The zero-order valence-corrected chi connectivity index (χ0v) is 13.5. The SMILES string of the molecule is Nn1c(SCC(=O)Nc2ccc(F)c(F)c2)nnc1-c1cccnc1. The molecule has 1 aromatic carbocycles. The molecule has 3 rings (SSSR count). The highest BCUT2D eigenvalue weighted by Gasteiger charge is 2.14. The fraction of sp³-hybridized carbons (Fsp3) is 0.0667. The summed E-state index contributed by atoms with van der Waals surface area (Å²) in [5.41, 5.74) is 0.852. The summed E-state index contributed by atoms with van der Waals surface area (Å²) in [6.45, 7) is 0. The van der Waals surface area contributed by atoms with E-state index in [-0.39, 0.29) is 11.4 Å². The molecule has 1 amide bonds. The van der Waals surface area contributed by atoms with Crippen molar-refractivity contribution >= 4 is 23.4 Å². The van der Waals surface area contributed by atoms with Crippen molar-refractivity contribution in [3.8, 4) is 11.4 Å². The van der Waals surface area contributed by atoms with Gasteiger partial charge in [0, 0.05) is 29.7 Å². The monoisotopic (exact) mass is 362 g/mol. The van der Waals surface area contributed by atoms with Gasteiger partial charge in [0.25, 0.3) is 0 Å². The third-order valence-corrected chi connectivity index (χ3v) is 4.06. The number of nitrogens with zero attached hydrogens (tertiary/aromatic N) is 4. The van der Waals surface area contributed by atoms with Crippen LogP contribution in [0.3, 0.4) is 0 Å². The molecule has 0 aliphatic rings. The molecule has 0 atom stereocenters. The van der Waals surface area contributed by atoms with Gasteiger partial charge in [0.05, 0.1) is 5.75 Å². The van der Waals surface area contributed by atoms with Crippen LogP contribution >= 0.6 is 11.8 Å². The Labute approximate surface area is 145 Å². The van der Waals surface area contributed by atoms with E-state index in [0.29, 0.717) is 16.5 Å². The molecular formula is C15H12F2N6OS. The van der Waals surface area contributed by atoms with Gasteiger partial charge in [0.15, 0.2) is 17.5 Å². The zero-order chi connectivity index (χ0) is 17.8. The molecule has 0 aliphatic carbocycles. The van der Waals surface area contributed by atoms with E-state index in [1.54, 1.807) is 24.5 Å². The van der Waals surface area contributed by atoms with Crippen molar-refractivity contribution in [2.24, 2.45) is 0 Å². The number of nitrogen functional groups attached to an aromatic ring is 1. The van der Waals surface area contributed by atoms with Crippen molar-refractivity contribution < 1.29 is 13.6 Å². The summed E-state index contributed by atoms with van der Waals surface area (Å²) in [4.78, 5) is 15.9. The quantitative estimate of drug-likeness (QED) is 0.532. The third kappa shape index (κ3) is 3.91. The molecule has 2 heterocycles. The average Bonchev–Trinajstić information content (AvgIpc) is 2.98. The topological polar surface area (TPSA) is 98.7 Å². The van der Waals surface area contributed by atoms with Crippen LogP contribution in [0, 0.1) is 11.6 Å². The maximum atomic E-state index is 13.1. The first-order chi connectivity index (χ1) is 12.0. The smallest absolute Gasteiger partial charge is 0.234 e. The van der Waals surface area contributed by atoms with Crippen molar-refractivity contribution in [1.82, 2.24) is 19.9 Å². The molecule has 0 fully saturated rings. The highest BCUT2D eigenvalue weighted by molar-refractivity contribution is 7.99. The van der Waals surface area contributed by atoms with Gasteiger partial charge in [-0.15, -0.1) is 10.2 Å². The number of nitrogens with two attached hydrogens (primary N) is 1. The summed E-state index contributed by atoms with van der Waals surface area (Å²) in [6, 6.07) is 6.64. The summed E-state index contributed by atoms with van der Waals surface area (Å²) in [6.07, 6.45) is 3.22. The number of pyridine rings is 1. The lowest BCUT2D eigenvalue weighted by Crippen LogP contribution is -2.16. The Morgan fingerprint density at radius 3 is 2.80 bits per heavy atom. The van der Waals surface area contributed by atoms with Crippen molar-refractivity contribution in [1.29, 1.82) is 0 Å². The Kier molecular flexibility index (Phi) is 4.89. The van der Waals surface area contributed by atoms with Crippen molar-refractivity contribution in [2.75, 3.05) is 16.9 Å². The van der Waals surface area contributed by atoms with Crippen molar-refractivity contribution in [3.63, 3.8) is 0 Å². The van der Waals surface area contributed by atoms with Gasteiger partial charge in [-0.2, -0.15) is 0 Å². The Balaban J connectivity index is 1.63. The summed E-state index contributed by atoms with van der Waals surface area (Å²) in [7, 11) is 0. The van der Waals surface area contributed by atoms with Crippen LogP contribution in [0.25, 0.3) is 11.4 Å². The molecule has 10 heteroatoms. The first kappa shape index (κ1) is 16.8. The molecule has 0 spiro atoms. The highest BCUT2D eigenvalue weighted by Crippen LogP contribution is 2.21. The number of thioether (sulfide) groups is 1. The number of rotatable bonds is 5. The number of hydrogen-bond donors (Lipinski definition) is 2. The molecule has 128 valence electrons. The maximum Gasteiger partial charge on any atom is 0.234 e. The van der Waals surface area contributed by atoms with Crippen LogP contribution in [0.2, 0.25) is 0 Å². The number of amides is 1. The second-order valence-electron chi connectivity index (χ2n) is 4.88. The number of halogens is 2. The minimum Gasteiger partial charge on any atom is -0.335 e. The van der Waals surface area contributed by atoms with E-state index >= 15 is 0 Å². The van der Waals surface area contributed by atoms with E-state index in [1.807, 2.05) is 0 Å². The molecule has 0 aliphatic heterocycles. The lowest BCUT2D eigenvalue weighted by molar-refractivity contribution is -0.113. The van der Waals surface area contributed by atoms with Gasteiger partial charge in [-0.3, -0.25) is 9.78 Å². The maximum absolute atomic E-state index is 13.1. The van der Waals surface area contributed by atoms with Crippen LogP contribution in [-0.4, -0.2) is 31.5 Å².